The number of hydrogen-bond donors (Lipinski definition) is 1. The first-order valence-corrected chi connectivity index (χ1v) is 10.5. The molecular weight excluding hydrogens is 432 g/mol. The van der Waals surface area contributed by atoms with Crippen molar-refractivity contribution >= 4 is 28.8 Å². The van der Waals surface area contributed by atoms with Crippen molar-refractivity contribution in [3.05, 3.63) is 136 Å². The van der Waals surface area contributed by atoms with Gasteiger partial charge in [0, 0.05) is 28.9 Å². The van der Waals surface area contributed by atoms with Gasteiger partial charge in [-0.05, 0) is 36.4 Å². The second-order valence-electron chi connectivity index (χ2n) is 7.40. The summed E-state index contributed by atoms with van der Waals surface area (Å²) in [7, 11) is 0. The predicted molar refractivity (Wildman–Crippen MR) is 128 cm³/mol. The van der Waals surface area contributed by atoms with Crippen molar-refractivity contribution < 1.29 is 19.2 Å². The Labute approximate surface area is 195 Å². The van der Waals surface area contributed by atoms with Gasteiger partial charge in [0.25, 0.3) is 5.69 Å². The second kappa shape index (κ2) is 10.2. The Morgan fingerprint density at radius 3 is 2.00 bits per heavy atom. The number of nitrogens with zero attached hydrogens (tertiary/aromatic N) is 1. The number of carbonyl (C=O) groups is 2. The summed E-state index contributed by atoms with van der Waals surface area (Å²) in [6, 6.07) is 30.0. The van der Waals surface area contributed by atoms with Gasteiger partial charge in [-0.2, -0.15) is 0 Å². The van der Waals surface area contributed by atoms with E-state index in [1.165, 1.54) is 24.3 Å². The van der Waals surface area contributed by atoms with Gasteiger partial charge in [-0.1, -0.05) is 60.7 Å². The molecule has 0 radical (unpaired) electrons. The first kappa shape index (κ1) is 22.4. The van der Waals surface area contributed by atoms with Crippen LogP contribution in [-0.2, 0) is 4.74 Å². The summed E-state index contributed by atoms with van der Waals surface area (Å²) in [5, 5.41) is 14.2. The van der Waals surface area contributed by atoms with Crippen LogP contribution in [-0.4, -0.2) is 16.7 Å². The summed E-state index contributed by atoms with van der Waals surface area (Å²) in [6.45, 7) is 0. The van der Waals surface area contributed by atoms with Gasteiger partial charge in [0.15, 0.2) is 6.10 Å². The van der Waals surface area contributed by atoms with E-state index < -0.39 is 22.8 Å². The van der Waals surface area contributed by atoms with E-state index in [2.05, 4.69) is 5.32 Å². The number of esters is 1. The van der Waals surface area contributed by atoms with Crippen LogP contribution in [0.1, 0.15) is 32.4 Å². The SMILES string of the molecule is O=C(O[C@H](C(=O)c1ccccc1)c1ccc([N+](=O)[O-])cc1)c1ccccc1Nc1ccccc1. The molecule has 0 aliphatic rings. The fraction of sp³-hybridized carbons (Fsp3) is 0.0370. The highest BCUT2D eigenvalue weighted by Crippen LogP contribution is 2.28. The summed E-state index contributed by atoms with van der Waals surface area (Å²) in [5.74, 6) is -1.14. The largest absolute Gasteiger partial charge is 0.445 e. The molecule has 1 N–H and O–H groups in total. The zero-order valence-corrected chi connectivity index (χ0v) is 18.0. The van der Waals surface area contributed by atoms with Crippen LogP contribution >= 0.6 is 0 Å². The molecule has 0 heterocycles. The van der Waals surface area contributed by atoms with Gasteiger partial charge in [-0.25, -0.2) is 4.79 Å². The van der Waals surface area contributed by atoms with Gasteiger partial charge in [0.05, 0.1) is 16.2 Å². The van der Waals surface area contributed by atoms with E-state index >= 15 is 0 Å². The van der Waals surface area contributed by atoms with Crippen LogP contribution in [0.3, 0.4) is 0 Å². The average Bonchev–Trinajstić information content (AvgIpc) is 2.88. The highest BCUT2D eigenvalue weighted by atomic mass is 16.6. The molecule has 0 amide bonds. The number of nitrogens with one attached hydrogen (secondary N) is 1. The molecule has 0 fully saturated rings. The maximum Gasteiger partial charge on any atom is 0.341 e. The quantitative estimate of drug-likeness (QED) is 0.150. The van der Waals surface area contributed by atoms with Gasteiger partial charge < -0.3 is 10.1 Å². The predicted octanol–water partition coefficient (Wildman–Crippen LogP) is 6.12. The van der Waals surface area contributed by atoms with Crippen molar-refractivity contribution in [2.75, 3.05) is 5.32 Å². The normalized spacial score (nSPS) is 11.3. The molecule has 0 unspecified atom stereocenters. The Kier molecular flexibility index (Phi) is 6.74. The molecule has 0 saturated carbocycles. The van der Waals surface area contributed by atoms with Gasteiger partial charge in [0.1, 0.15) is 0 Å². The number of hydrogen-bond acceptors (Lipinski definition) is 6. The van der Waals surface area contributed by atoms with Crippen LogP contribution in [0.5, 0.6) is 0 Å². The first-order chi connectivity index (χ1) is 16.5. The van der Waals surface area contributed by atoms with Crippen molar-refractivity contribution in [2.24, 2.45) is 0 Å². The summed E-state index contributed by atoms with van der Waals surface area (Å²) >= 11 is 0. The lowest BCUT2D eigenvalue weighted by Gasteiger charge is -2.19. The van der Waals surface area contributed by atoms with Crippen LogP contribution in [0.2, 0.25) is 0 Å². The molecule has 0 aliphatic carbocycles. The summed E-state index contributed by atoms with van der Waals surface area (Å²) < 4.78 is 5.72. The van der Waals surface area contributed by atoms with Gasteiger partial charge in [0.2, 0.25) is 5.78 Å². The number of nitro benzene ring substituents is 1. The van der Waals surface area contributed by atoms with Crippen molar-refractivity contribution in [1.29, 1.82) is 0 Å². The molecule has 0 bridgehead atoms. The topological polar surface area (TPSA) is 98.5 Å². The Morgan fingerprint density at radius 2 is 1.35 bits per heavy atom. The number of nitro groups is 1. The van der Waals surface area contributed by atoms with E-state index in [1.807, 2.05) is 30.3 Å². The Bertz CT molecular complexity index is 1310. The highest BCUT2D eigenvalue weighted by Gasteiger charge is 2.28. The lowest BCUT2D eigenvalue weighted by atomic mass is 9.99. The summed E-state index contributed by atoms with van der Waals surface area (Å²) in [4.78, 5) is 37.0. The van der Waals surface area contributed by atoms with Gasteiger partial charge in [-0.3, -0.25) is 14.9 Å². The van der Waals surface area contributed by atoms with Crippen molar-refractivity contribution in [1.82, 2.24) is 0 Å². The lowest BCUT2D eigenvalue weighted by Crippen LogP contribution is -2.21. The lowest BCUT2D eigenvalue weighted by molar-refractivity contribution is -0.384. The van der Waals surface area contributed by atoms with Crippen molar-refractivity contribution in [2.45, 2.75) is 6.10 Å². The van der Waals surface area contributed by atoms with E-state index in [4.69, 9.17) is 4.74 Å². The molecule has 0 spiro atoms. The molecular formula is C27H20N2O5. The number of ketones is 1. The maximum atomic E-state index is 13.3. The summed E-state index contributed by atoms with van der Waals surface area (Å²) in [5.41, 5.74) is 2.12. The smallest absolute Gasteiger partial charge is 0.341 e. The Morgan fingerprint density at radius 1 is 0.765 bits per heavy atom. The molecule has 168 valence electrons. The van der Waals surface area contributed by atoms with Crippen LogP contribution in [0.15, 0.2) is 109 Å². The van der Waals surface area contributed by atoms with Crippen molar-refractivity contribution in [3.8, 4) is 0 Å². The van der Waals surface area contributed by atoms with Crippen LogP contribution < -0.4 is 5.32 Å². The molecule has 0 aliphatic heterocycles. The molecule has 7 nitrogen and oxygen atoms in total. The van der Waals surface area contributed by atoms with E-state index in [9.17, 15) is 19.7 Å². The minimum atomic E-state index is -1.28. The van der Waals surface area contributed by atoms with E-state index in [-0.39, 0.29) is 11.3 Å². The number of para-hydroxylation sites is 2. The molecule has 4 aromatic rings. The van der Waals surface area contributed by atoms with Gasteiger partial charge >= 0.3 is 5.97 Å². The van der Waals surface area contributed by atoms with E-state index in [0.717, 1.165) is 5.69 Å². The first-order valence-electron chi connectivity index (χ1n) is 10.5. The molecule has 0 aromatic heterocycles. The third-order valence-corrected chi connectivity index (χ3v) is 5.13. The number of ether oxygens (including phenoxy) is 1. The number of anilines is 2. The monoisotopic (exact) mass is 452 g/mol. The standard InChI is InChI=1S/C27H20N2O5/c30-25(19-9-3-1-4-10-19)26(20-15-17-22(18-16-20)29(32)33)34-27(31)23-13-7-8-14-24(23)28-21-11-5-2-6-12-21/h1-18,26,28H/t26-/m0/s1. The number of Topliss-reactive ketones (excluding diaryl/α,β-unsaturated/α-hetero) is 1. The number of rotatable bonds is 8. The third-order valence-electron chi connectivity index (χ3n) is 5.13. The fourth-order valence-electron chi connectivity index (χ4n) is 3.42. The van der Waals surface area contributed by atoms with Crippen LogP contribution in [0.4, 0.5) is 17.1 Å². The maximum absolute atomic E-state index is 13.3. The van der Waals surface area contributed by atoms with Gasteiger partial charge in [-0.15, -0.1) is 0 Å². The molecule has 34 heavy (non-hydrogen) atoms. The van der Waals surface area contributed by atoms with E-state index in [1.54, 1.807) is 54.6 Å². The molecule has 0 saturated heterocycles. The fourth-order valence-corrected chi connectivity index (χ4v) is 3.42. The zero-order chi connectivity index (χ0) is 23.9. The average molecular weight is 452 g/mol. The number of carbonyl (C=O) groups excluding carboxylic acids is 2. The van der Waals surface area contributed by atoms with Crippen molar-refractivity contribution in [3.63, 3.8) is 0 Å². The van der Waals surface area contributed by atoms with E-state index in [0.29, 0.717) is 16.8 Å². The molecule has 1 atom stereocenters. The Hall–Kier alpha value is -4.78. The minimum absolute atomic E-state index is 0.126. The number of non-ortho nitro benzene ring substituents is 1. The van der Waals surface area contributed by atoms with Crippen LogP contribution in [0.25, 0.3) is 0 Å². The summed E-state index contributed by atoms with van der Waals surface area (Å²) in [6.07, 6.45) is -1.28. The number of benzene rings is 4. The van der Waals surface area contributed by atoms with Crippen LogP contribution in [0, 0.1) is 10.1 Å². The minimum Gasteiger partial charge on any atom is -0.445 e. The molecule has 4 rings (SSSR count). The zero-order valence-electron chi connectivity index (χ0n) is 18.0. The molecule has 4 aromatic carbocycles. The molecule has 7 heteroatoms. The third kappa shape index (κ3) is 5.16. The Balaban J connectivity index is 1.66. The second-order valence-corrected chi connectivity index (χ2v) is 7.40. The highest BCUT2D eigenvalue weighted by molar-refractivity contribution is 6.03.